The summed E-state index contributed by atoms with van der Waals surface area (Å²) in [6.45, 7) is 0. The Labute approximate surface area is 77.3 Å². The van der Waals surface area contributed by atoms with Crippen LogP contribution in [0.15, 0.2) is 29.3 Å². The number of carbonyl (C=O) groups is 1. The summed E-state index contributed by atoms with van der Waals surface area (Å²) >= 11 is 0. The minimum absolute atomic E-state index is 0.671. The molecule has 0 atom stereocenters. The van der Waals surface area contributed by atoms with Crippen LogP contribution in [0.2, 0.25) is 0 Å². The number of hydrogen-bond acceptors (Lipinski definition) is 2. The van der Waals surface area contributed by atoms with Gasteiger partial charge < -0.3 is 0 Å². The molecule has 1 aromatic carbocycles. The monoisotopic (exact) mass is 173 g/mol. The van der Waals surface area contributed by atoms with Gasteiger partial charge in [0.1, 0.15) is 0 Å². The van der Waals surface area contributed by atoms with Crippen molar-refractivity contribution < 1.29 is 4.79 Å². The number of aryl methyl sites for hydroxylation is 1. The molecule has 13 heavy (non-hydrogen) atoms. The van der Waals surface area contributed by atoms with Crippen molar-refractivity contribution in [1.29, 1.82) is 0 Å². The maximum Gasteiger partial charge on any atom is 0.164 e. The number of aldehydes is 1. The molecule has 1 aliphatic heterocycles. The van der Waals surface area contributed by atoms with Gasteiger partial charge in [-0.15, -0.1) is 0 Å². The second kappa shape index (κ2) is 3.52. The van der Waals surface area contributed by atoms with Crippen molar-refractivity contribution >= 4 is 17.7 Å². The number of nitrogens with zero attached hydrogens (tertiary/aromatic N) is 1. The molecule has 0 saturated heterocycles. The first kappa shape index (κ1) is 8.17. The first-order valence-electron chi connectivity index (χ1n) is 4.51. The van der Waals surface area contributed by atoms with Crippen LogP contribution in [0, 0.1) is 0 Å². The molecule has 0 bridgehead atoms. The van der Waals surface area contributed by atoms with E-state index in [9.17, 15) is 4.79 Å². The van der Waals surface area contributed by atoms with E-state index >= 15 is 0 Å². The molecule has 0 aliphatic carbocycles. The van der Waals surface area contributed by atoms with Crippen LogP contribution in [-0.4, -0.2) is 12.0 Å². The molecule has 66 valence electrons. The average molecular weight is 173 g/mol. The highest BCUT2D eigenvalue weighted by Gasteiger charge is 2.07. The second-order valence-corrected chi connectivity index (χ2v) is 3.20. The number of fused-ring (bicyclic) bond motifs is 1. The summed E-state index contributed by atoms with van der Waals surface area (Å²) in [7, 11) is 0. The maximum absolute atomic E-state index is 10.6. The molecule has 0 N–H and O–H groups in total. The molecule has 0 amide bonds. The molecule has 2 heteroatoms. The third kappa shape index (κ3) is 1.66. The Morgan fingerprint density at radius 3 is 2.92 bits per heavy atom. The van der Waals surface area contributed by atoms with Crippen LogP contribution in [-0.2, 0) is 11.2 Å². The van der Waals surface area contributed by atoms with Gasteiger partial charge in [0, 0.05) is 0 Å². The zero-order valence-electron chi connectivity index (χ0n) is 7.36. The van der Waals surface area contributed by atoms with E-state index in [0.717, 1.165) is 31.2 Å². The van der Waals surface area contributed by atoms with E-state index in [4.69, 9.17) is 0 Å². The Morgan fingerprint density at radius 2 is 2.08 bits per heavy atom. The lowest BCUT2D eigenvalue weighted by Gasteiger charge is -1.99. The molecular weight excluding hydrogens is 162 g/mol. The summed E-state index contributed by atoms with van der Waals surface area (Å²) < 4.78 is 0. The summed E-state index contributed by atoms with van der Waals surface area (Å²) in [5, 5.41) is 0. The molecule has 0 unspecified atom stereocenters. The van der Waals surface area contributed by atoms with E-state index < -0.39 is 0 Å². The first-order chi connectivity index (χ1) is 6.40. The smallest absolute Gasteiger partial charge is 0.164 e. The summed E-state index contributed by atoms with van der Waals surface area (Å²) in [6, 6.07) is 8.01. The van der Waals surface area contributed by atoms with Crippen molar-refractivity contribution in [2.75, 3.05) is 0 Å². The van der Waals surface area contributed by atoms with Crippen LogP contribution >= 0.6 is 0 Å². The van der Waals surface area contributed by atoms with Crippen LogP contribution in [0.5, 0.6) is 0 Å². The molecule has 0 fully saturated rings. The first-order valence-corrected chi connectivity index (χ1v) is 4.51. The van der Waals surface area contributed by atoms with Gasteiger partial charge in [0.25, 0.3) is 0 Å². The van der Waals surface area contributed by atoms with Crippen LogP contribution in [0.4, 0.5) is 5.69 Å². The van der Waals surface area contributed by atoms with E-state index in [0.29, 0.717) is 5.71 Å². The fraction of sp³-hybridized carbons (Fsp3) is 0.273. The Hall–Kier alpha value is -1.44. The van der Waals surface area contributed by atoms with Gasteiger partial charge in [-0.2, -0.15) is 0 Å². The number of rotatable bonds is 1. The topological polar surface area (TPSA) is 29.4 Å². The van der Waals surface area contributed by atoms with E-state index in [1.54, 1.807) is 0 Å². The third-order valence-electron chi connectivity index (χ3n) is 2.27. The van der Waals surface area contributed by atoms with E-state index in [1.807, 2.05) is 18.2 Å². The highest BCUT2D eigenvalue weighted by atomic mass is 16.1. The second-order valence-electron chi connectivity index (χ2n) is 3.20. The Balaban J connectivity index is 2.45. The number of hydrogen-bond donors (Lipinski definition) is 0. The van der Waals surface area contributed by atoms with Crippen molar-refractivity contribution in [3.63, 3.8) is 0 Å². The summed E-state index contributed by atoms with van der Waals surface area (Å²) in [5.41, 5.74) is 2.88. The highest BCUT2D eigenvalue weighted by Crippen LogP contribution is 2.23. The molecule has 1 aromatic rings. The van der Waals surface area contributed by atoms with Gasteiger partial charge in [-0.05, 0) is 30.9 Å². The van der Waals surface area contributed by atoms with Crippen molar-refractivity contribution in [2.45, 2.75) is 19.3 Å². The fourth-order valence-electron chi connectivity index (χ4n) is 1.59. The fourth-order valence-corrected chi connectivity index (χ4v) is 1.59. The lowest BCUT2D eigenvalue weighted by molar-refractivity contribution is -0.102. The van der Waals surface area contributed by atoms with E-state index in [1.165, 1.54) is 5.56 Å². The molecule has 1 aliphatic rings. The van der Waals surface area contributed by atoms with Crippen molar-refractivity contribution in [3.05, 3.63) is 29.8 Å². The van der Waals surface area contributed by atoms with Crippen LogP contribution < -0.4 is 0 Å². The van der Waals surface area contributed by atoms with Gasteiger partial charge in [-0.3, -0.25) is 4.79 Å². The SMILES string of the molecule is O=CC1=Nc2ccccc2CCC1. The van der Waals surface area contributed by atoms with Crippen LogP contribution in [0.3, 0.4) is 0 Å². The van der Waals surface area contributed by atoms with E-state index in [2.05, 4.69) is 11.1 Å². The minimum atomic E-state index is 0.671. The van der Waals surface area contributed by atoms with Crippen molar-refractivity contribution in [1.82, 2.24) is 0 Å². The standard InChI is InChI=1S/C11H11NO/c13-8-10-6-3-5-9-4-1-2-7-11(9)12-10/h1-2,4,7-8H,3,5-6H2. The van der Waals surface area contributed by atoms with Crippen LogP contribution in [0.25, 0.3) is 0 Å². The summed E-state index contributed by atoms with van der Waals surface area (Å²) in [6.07, 6.45) is 3.71. The van der Waals surface area contributed by atoms with Crippen molar-refractivity contribution in [2.24, 2.45) is 4.99 Å². The number of aliphatic imine (C=N–C) groups is 1. The molecule has 0 spiro atoms. The average Bonchev–Trinajstić information content (AvgIpc) is 2.38. The molecule has 0 aromatic heterocycles. The normalized spacial score (nSPS) is 15.5. The maximum atomic E-state index is 10.6. The summed E-state index contributed by atoms with van der Waals surface area (Å²) in [4.78, 5) is 14.9. The Kier molecular flexibility index (Phi) is 2.21. The van der Waals surface area contributed by atoms with E-state index in [-0.39, 0.29) is 0 Å². The van der Waals surface area contributed by atoms with Crippen LogP contribution in [0.1, 0.15) is 18.4 Å². The van der Waals surface area contributed by atoms with Crippen molar-refractivity contribution in [3.8, 4) is 0 Å². The third-order valence-corrected chi connectivity index (χ3v) is 2.27. The Bertz CT molecular complexity index is 355. The Morgan fingerprint density at radius 1 is 1.23 bits per heavy atom. The van der Waals surface area contributed by atoms with Gasteiger partial charge in [0.2, 0.25) is 0 Å². The summed E-state index contributed by atoms with van der Waals surface area (Å²) in [5.74, 6) is 0. The minimum Gasteiger partial charge on any atom is -0.297 e. The molecular formula is C11H11NO. The lowest BCUT2D eigenvalue weighted by atomic mass is 10.1. The highest BCUT2D eigenvalue weighted by molar-refractivity contribution is 6.29. The van der Waals surface area contributed by atoms with Gasteiger partial charge >= 0.3 is 0 Å². The van der Waals surface area contributed by atoms with Gasteiger partial charge in [0.15, 0.2) is 6.29 Å². The number of para-hydroxylation sites is 1. The molecule has 1 heterocycles. The number of carbonyl (C=O) groups excluding carboxylic acids is 1. The van der Waals surface area contributed by atoms with Gasteiger partial charge in [0.05, 0.1) is 11.4 Å². The number of benzene rings is 1. The zero-order valence-corrected chi connectivity index (χ0v) is 7.36. The largest absolute Gasteiger partial charge is 0.297 e. The predicted octanol–water partition coefficient (Wildman–Crippen LogP) is 2.29. The molecule has 2 nitrogen and oxygen atoms in total. The molecule has 0 saturated carbocycles. The molecule has 0 radical (unpaired) electrons. The quantitative estimate of drug-likeness (QED) is 0.599. The zero-order chi connectivity index (χ0) is 9.10. The molecule has 2 rings (SSSR count). The van der Waals surface area contributed by atoms with Gasteiger partial charge in [-0.1, -0.05) is 18.2 Å². The lowest BCUT2D eigenvalue weighted by Crippen LogP contribution is -1.97. The van der Waals surface area contributed by atoms with Gasteiger partial charge in [-0.25, -0.2) is 4.99 Å². The predicted molar refractivity (Wildman–Crippen MR) is 52.5 cm³/mol.